The zero-order valence-corrected chi connectivity index (χ0v) is 23.0. The molecule has 0 saturated heterocycles. The van der Waals surface area contributed by atoms with Gasteiger partial charge in [-0.2, -0.15) is 0 Å². The second-order valence-corrected chi connectivity index (χ2v) is 24.7. The maximum atomic E-state index is 2.80. The van der Waals surface area contributed by atoms with Crippen molar-refractivity contribution in [3.8, 4) is 0 Å². The molecule has 0 bridgehead atoms. The number of unbranched alkanes of at least 4 members (excludes halogenated alkanes) is 6. The maximum absolute atomic E-state index is 2.80. The van der Waals surface area contributed by atoms with Crippen LogP contribution in [0.25, 0.3) is 0 Å². The monoisotopic (exact) mass is 430 g/mol. The van der Waals surface area contributed by atoms with Crippen LogP contribution in [0.15, 0.2) is 0 Å². The summed E-state index contributed by atoms with van der Waals surface area (Å²) in [6.45, 7) is 14.5. The molecular formula is C24H54SSi2. The molecule has 164 valence electrons. The molecule has 0 spiro atoms. The van der Waals surface area contributed by atoms with Gasteiger partial charge in [0.25, 0.3) is 0 Å². The van der Waals surface area contributed by atoms with E-state index in [2.05, 4.69) is 52.2 Å². The van der Waals surface area contributed by atoms with Gasteiger partial charge in [0.2, 0.25) is 0 Å². The Balaban J connectivity index is 5.66. The fraction of sp³-hybridized carbons (Fsp3) is 1.00. The van der Waals surface area contributed by atoms with Crippen LogP contribution in [-0.2, 0) is 0 Å². The van der Waals surface area contributed by atoms with E-state index in [0.29, 0.717) is 0 Å². The minimum Gasteiger partial charge on any atom is -0.205 e. The van der Waals surface area contributed by atoms with Crippen LogP contribution in [0.1, 0.15) is 119 Å². The summed E-state index contributed by atoms with van der Waals surface area (Å²) in [5, 5.41) is 0. The summed E-state index contributed by atoms with van der Waals surface area (Å²) in [6, 6.07) is 9.79. The fourth-order valence-electron chi connectivity index (χ4n) is 4.51. The van der Waals surface area contributed by atoms with Gasteiger partial charge in [0.15, 0.2) is 0 Å². The second kappa shape index (κ2) is 17.6. The van der Waals surface area contributed by atoms with Crippen LogP contribution in [0.2, 0.25) is 36.3 Å². The van der Waals surface area contributed by atoms with Crippen LogP contribution >= 0.6 is 10.7 Å². The number of rotatable bonds is 20. The largest absolute Gasteiger partial charge is 0.205 e. The SMILES string of the molecule is CCCC[Si](CCCC)(CCCC)S[Si](CCCC)(CCCC)CCCC. The van der Waals surface area contributed by atoms with E-state index in [1.165, 1.54) is 77.0 Å². The first-order chi connectivity index (χ1) is 13.1. The summed E-state index contributed by atoms with van der Waals surface area (Å²) < 4.78 is 0. The van der Waals surface area contributed by atoms with Gasteiger partial charge < -0.3 is 0 Å². The zero-order valence-electron chi connectivity index (χ0n) is 20.1. The Hall–Kier alpha value is 0.784. The van der Waals surface area contributed by atoms with Gasteiger partial charge in [-0.05, 0) is 36.3 Å². The summed E-state index contributed by atoms with van der Waals surface area (Å²) >= 11 is 0. The van der Waals surface area contributed by atoms with Crippen LogP contribution < -0.4 is 0 Å². The molecule has 0 amide bonds. The zero-order chi connectivity index (χ0) is 20.4. The molecule has 0 aliphatic rings. The average Bonchev–Trinajstić information content (AvgIpc) is 2.70. The van der Waals surface area contributed by atoms with Gasteiger partial charge in [-0.1, -0.05) is 119 Å². The summed E-state index contributed by atoms with van der Waals surface area (Å²) in [5.41, 5.74) is 0. The molecule has 0 aliphatic carbocycles. The lowest BCUT2D eigenvalue weighted by Gasteiger charge is -2.42. The molecule has 0 atom stereocenters. The van der Waals surface area contributed by atoms with E-state index in [1.807, 2.05) is 0 Å². The Morgan fingerprint density at radius 1 is 0.370 bits per heavy atom. The molecule has 27 heavy (non-hydrogen) atoms. The van der Waals surface area contributed by atoms with Crippen LogP contribution in [0, 0.1) is 0 Å². The maximum Gasteiger partial charge on any atom is 0.110 e. The minimum absolute atomic E-state index is 1.17. The van der Waals surface area contributed by atoms with Crippen molar-refractivity contribution in [2.45, 2.75) is 155 Å². The quantitative estimate of drug-likeness (QED) is 0.173. The summed E-state index contributed by atoms with van der Waals surface area (Å²) in [6.07, 6.45) is 17.5. The van der Waals surface area contributed by atoms with Gasteiger partial charge in [-0.25, -0.2) is 10.7 Å². The van der Waals surface area contributed by atoms with Gasteiger partial charge in [0.1, 0.15) is 14.4 Å². The van der Waals surface area contributed by atoms with Gasteiger partial charge in [0.05, 0.1) is 0 Å². The van der Waals surface area contributed by atoms with E-state index in [0.717, 1.165) is 0 Å². The first kappa shape index (κ1) is 27.8. The van der Waals surface area contributed by atoms with Gasteiger partial charge in [0, 0.05) is 0 Å². The Kier molecular flexibility index (Phi) is 18.1. The molecule has 0 saturated carbocycles. The van der Waals surface area contributed by atoms with Crippen molar-refractivity contribution in [3.05, 3.63) is 0 Å². The third-order valence-electron chi connectivity index (χ3n) is 6.35. The predicted molar refractivity (Wildman–Crippen MR) is 137 cm³/mol. The third-order valence-corrected chi connectivity index (χ3v) is 28.9. The molecule has 0 rings (SSSR count). The van der Waals surface area contributed by atoms with Crippen LogP contribution in [0.4, 0.5) is 0 Å². The molecule has 0 nitrogen and oxygen atoms in total. The van der Waals surface area contributed by atoms with Crippen molar-refractivity contribution in [2.75, 3.05) is 0 Å². The van der Waals surface area contributed by atoms with E-state index >= 15 is 0 Å². The van der Waals surface area contributed by atoms with E-state index in [9.17, 15) is 0 Å². The number of hydrogen-bond acceptors (Lipinski definition) is 1. The highest BCUT2D eigenvalue weighted by atomic mass is 32.5. The van der Waals surface area contributed by atoms with Gasteiger partial charge in [-0.15, -0.1) is 0 Å². The lowest BCUT2D eigenvalue weighted by Crippen LogP contribution is -2.42. The standard InChI is InChI=1S/C24H54SSi2/c1-7-13-19-26(20-14-8-2,21-15-9-3)25-27(22-16-10-4,23-17-11-5)24-18-12-6/h7-24H2,1-6H3. The first-order valence-corrected chi connectivity index (χ1v) is 20.3. The molecule has 0 fully saturated rings. The molecule has 0 aliphatic heterocycles. The normalized spacial score (nSPS) is 12.7. The molecule has 0 aromatic carbocycles. The molecule has 0 N–H and O–H groups in total. The van der Waals surface area contributed by atoms with E-state index in [4.69, 9.17) is 0 Å². The highest BCUT2D eigenvalue weighted by Gasteiger charge is 2.42. The van der Waals surface area contributed by atoms with Gasteiger partial charge in [-0.3, -0.25) is 0 Å². The molecular weight excluding hydrogens is 377 g/mol. The summed E-state index contributed by atoms with van der Waals surface area (Å²) in [7, 11) is 0.471. The molecule has 0 aromatic heterocycles. The van der Waals surface area contributed by atoms with E-state index in [-0.39, 0.29) is 0 Å². The Labute approximate surface area is 179 Å². The molecule has 0 heterocycles. The van der Waals surface area contributed by atoms with E-state index < -0.39 is 14.4 Å². The summed E-state index contributed by atoms with van der Waals surface area (Å²) in [5.74, 6) is 0. The molecule has 0 aromatic rings. The van der Waals surface area contributed by atoms with Crippen molar-refractivity contribution >= 4 is 25.1 Å². The van der Waals surface area contributed by atoms with Crippen LogP contribution in [0.3, 0.4) is 0 Å². The van der Waals surface area contributed by atoms with Crippen molar-refractivity contribution in [2.24, 2.45) is 0 Å². The van der Waals surface area contributed by atoms with Gasteiger partial charge >= 0.3 is 0 Å². The lowest BCUT2D eigenvalue weighted by molar-refractivity contribution is 0.803. The fourth-order valence-corrected chi connectivity index (χ4v) is 34.5. The van der Waals surface area contributed by atoms with Crippen molar-refractivity contribution in [3.63, 3.8) is 0 Å². The van der Waals surface area contributed by atoms with Crippen molar-refractivity contribution in [1.82, 2.24) is 0 Å². The second-order valence-electron chi connectivity index (χ2n) is 9.09. The predicted octanol–water partition coefficient (Wildman–Crippen LogP) is 10.4. The molecule has 0 radical (unpaired) electrons. The minimum atomic E-state index is -1.17. The first-order valence-electron chi connectivity index (χ1n) is 12.8. The molecule has 3 heteroatoms. The topological polar surface area (TPSA) is 0 Å². The Bertz CT molecular complexity index is 246. The van der Waals surface area contributed by atoms with E-state index in [1.54, 1.807) is 36.3 Å². The van der Waals surface area contributed by atoms with Crippen LogP contribution in [-0.4, -0.2) is 14.4 Å². The molecule has 0 unspecified atom stereocenters. The highest BCUT2D eigenvalue weighted by molar-refractivity contribution is 8.50. The smallest absolute Gasteiger partial charge is 0.110 e. The number of hydrogen-bond donors (Lipinski definition) is 0. The van der Waals surface area contributed by atoms with Crippen molar-refractivity contribution < 1.29 is 0 Å². The average molecular weight is 431 g/mol. The van der Waals surface area contributed by atoms with Crippen LogP contribution in [0.5, 0.6) is 0 Å². The Morgan fingerprint density at radius 3 is 0.704 bits per heavy atom. The highest BCUT2D eigenvalue weighted by Crippen LogP contribution is 2.49. The Morgan fingerprint density at radius 2 is 0.556 bits per heavy atom. The lowest BCUT2D eigenvalue weighted by atomic mass is 10.4. The third kappa shape index (κ3) is 12.2. The summed E-state index contributed by atoms with van der Waals surface area (Å²) in [4.78, 5) is 0. The van der Waals surface area contributed by atoms with Crippen molar-refractivity contribution in [1.29, 1.82) is 0 Å².